The van der Waals surface area contributed by atoms with Gasteiger partial charge in [0.2, 0.25) is 29.5 Å². The monoisotopic (exact) mass is 846 g/mol. The van der Waals surface area contributed by atoms with Crippen molar-refractivity contribution in [1.29, 1.82) is 0 Å². The molecule has 16 nitrogen and oxygen atoms in total. The fourth-order valence-electron chi connectivity index (χ4n) is 6.48. The van der Waals surface area contributed by atoms with Crippen LogP contribution in [0.5, 0.6) is 5.75 Å². The van der Waals surface area contributed by atoms with Crippen LogP contribution in [0, 0.1) is 0 Å². The lowest BCUT2D eigenvalue weighted by Gasteiger charge is -2.27. The number of hydrogen-bond acceptors (Lipinski definition) is 11. The van der Waals surface area contributed by atoms with Gasteiger partial charge in [0, 0.05) is 47.9 Å². The van der Waals surface area contributed by atoms with Crippen molar-refractivity contribution in [2.45, 2.75) is 74.8 Å². The quantitative estimate of drug-likeness (QED) is 0.0756. The highest BCUT2D eigenvalue weighted by Gasteiger charge is 2.34. The van der Waals surface area contributed by atoms with Crippen molar-refractivity contribution < 1.29 is 39.0 Å². The number of rotatable bonds is 11. The van der Waals surface area contributed by atoms with Crippen molar-refractivity contribution in [2.24, 2.45) is 11.5 Å². The largest absolute Gasteiger partial charge is 0.508 e. The van der Waals surface area contributed by atoms with Crippen molar-refractivity contribution in [2.75, 3.05) is 18.1 Å². The molecule has 1 aromatic heterocycles. The average molecular weight is 847 g/mol. The van der Waals surface area contributed by atoms with Crippen molar-refractivity contribution in [3.8, 4) is 5.75 Å². The molecule has 12 N–H and O–H groups in total. The number of aromatic amines is 1. The molecule has 1 fully saturated rings. The third-order valence-corrected chi connectivity index (χ3v) is 12.2. The van der Waals surface area contributed by atoms with Crippen molar-refractivity contribution in [1.82, 2.24) is 31.6 Å². The van der Waals surface area contributed by atoms with E-state index >= 15 is 0 Å². The topological polar surface area (TPSA) is 271 Å². The Morgan fingerprint density at radius 2 is 1.19 bits per heavy atom. The molecular weight excluding hydrogens is 797 g/mol. The number of nitrogens with one attached hydrogen (secondary N) is 6. The van der Waals surface area contributed by atoms with Gasteiger partial charge in [0.15, 0.2) is 0 Å². The van der Waals surface area contributed by atoms with Gasteiger partial charge in [-0.2, -0.15) is 0 Å². The number of carboxylic acids is 1. The van der Waals surface area contributed by atoms with Gasteiger partial charge in [0.05, 0.1) is 6.04 Å². The van der Waals surface area contributed by atoms with Crippen LogP contribution in [0.15, 0.2) is 85.1 Å². The summed E-state index contributed by atoms with van der Waals surface area (Å²) in [5.74, 6) is -4.94. The van der Waals surface area contributed by atoms with Gasteiger partial charge in [-0.25, -0.2) is 4.79 Å². The van der Waals surface area contributed by atoms with Crippen LogP contribution in [0.2, 0.25) is 0 Å². The normalized spacial score (nSPS) is 23.0. The first-order chi connectivity index (χ1) is 28.4. The summed E-state index contributed by atoms with van der Waals surface area (Å²) in [6.45, 7) is 0.318. The fraction of sp³-hybridized carbons (Fsp3) is 0.366. The molecule has 0 saturated carbocycles. The van der Waals surface area contributed by atoms with Crippen molar-refractivity contribution in [3.05, 3.63) is 102 Å². The number of carboxylic acid groups (broad SMARTS) is 1. The van der Waals surface area contributed by atoms with E-state index in [1.54, 1.807) is 42.6 Å². The molecule has 5 rings (SSSR count). The molecule has 0 spiro atoms. The predicted octanol–water partition coefficient (Wildman–Crippen LogP) is 1.26. The maximum absolute atomic E-state index is 14.4. The number of fused-ring (bicyclic) bond motifs is 1. The highest BCUT2D eigenvalue weighted by molar-refractivity contribution is 8.76. The van der Waals surface area contributed by atoms with Gasteiger partial charge in [-0.1, -0.05) is 82.3 Å². The number of phenolic OH excluding ortho intramolecular Hbond substituents is 1. The fourth-order valence-corrected chi connectivity index (χ4v) is 8.76. The molecular formula is C41H50N8O8S2. The van der Waals surface area contributed by atoms with Gasteiger partial charge in [-0.3, -0.25) is 24.0 Å². The Morgan fingerprint density at radius 3 is 1.85 bits per heavy atom. The minimum Gasteiger partial charge on any atom is -0.508 e. The number of hydrogen-bond donors (Lipinski definition) is 10. The molecule has 3 aromatic carbocycles. The molecule has 59 heavy (non-hydrogen) atoms. The summed E-state index contributed by atoms with van der Waals surface area (Å²) in [5.41, 5.74) is 14.8. The average Bonchev–Trinajstić information content (AvgIpc) is 3.63. The van der Waals surface area contributed by atoms with Gasteiger partial charge in [-0.05, 0) is 60.7 Å². The zero-order valence-corrected chi connectivity index (χ0v) is 33.9. The Morgan fingerprint density at radius 1 is 0.644 bits per heavy atom. The molecule has 5 amide bonds. The van der Waals surface area contributed by atoms with Crippen LogP contribution < -0.4 is 38.1 Å². The number of amides is 5. The Balaban J connectivity index is 1.52. The Hall–Kier alpha value is -5.56. The number of carbonyl (C=O) groups is 6. The van der Waals surface area contributed by atoms with Crippen molar-refractivity contribution in [3.63, 3.8) is 0 Å². The second-order valence-corrected chi connectivity index (χ2v) is 16.8. The Bertz CT molecular complexity index is 2070. The Kier molecular flexibility index (Phi) is 16.6. The number of unbranched alkanes of at least 4 members (excludes halogenated alkanes) is 1. The molecule has 1 aliphatic rings. The number of aliphatic carboxylic acids is 1. The zero-order valence-electron chi connectivity index (χ0n) is 32.2. The van der Waals surface area contributed by atoms with E-state index in [-0.39, 0.29) is 42.9 Å². The molecule has 6 atom stereocenters. The van der Waals surface area contributed by atoms with Crippen LogP contribution in [0.1, 0.15) is 36.0 Å². The van der Waals surface area contributed by atoms with Crippen LogP contribution in [-0.4, -0.2) is 105 Å². The molecule has 1 saturated heterocycles. The second kappa shape index (κ2) is 22.0. The van der Waals surface area contributed by atoms with Crippen LogP contribution in [0.3, 0.4) is 0 Å². The SMILES string of the molecule is NCCCCC1NC(=O)[C@H](Cc2c[nH]c3ccccc23)NC(=O)C(Cc2ccccc2)NC(=O)[C@@H](N)CSSC[C@@H](C(=O)O)NC(=O)C(Cc2ccc(O)cc2)NC1=O. The van der Waals surface area contributed by atoms with E-state index in [9.17, 15) is 39.0 Å². The minimum atomic E-state index is -1.39. The number of H-pyrrole nitrogens is 1. The van der Waals surface area contributed by atoms with Crippen LogP contribution in [0.25, 0.3) is 10.9 Å². The molecule has 4 aromatic rings. The van der Waals surface area contributed by atoms with E-state index in [1.165, 1.54) is 12.1 Å². The lowest BCUT2D eigenvalue weighted by Crippen LogP contribution is -2.60. The molecule has 0 bridgehead atoms. The molecule has 314 valence electrons. The molecule has 3 unspecified atom stereocenters. The number of nitrogens with two attached hydrogens (primary N) is 2. The van der Waals surface area contributed by atoms with Crippen LogP contribution in [0.4, 0.5) is 0 Å². The third-order valence-electron chi connectivity index (χ3n) is 9.75. The predicted molar refractivity (Wildman–Crippen MR) is 227 cm³/mol. The summed E-state index contributed by atoms with van der Waals surface area (Å²) in [6.07, 6.45) is 2.78. The molecule has 0 aliphatic carbocycles. The summed E-state index contributed by atoms with van der Waals surface area (Å²) >= 11 is 0. The number of para-hydroxylation sites is 1. The molecule has 18 heteroatoms. The summed E-state index contributed by atoms with van der Waals surface area (Å²) < 4.78 is 0. The van der Waals surface area contributed by atoms with E-state index in [2.05, 4.69) is 31.6 Å². The number of benzene rings is 3. The van der Waals surface area contributed by atoms with Gasteiger partial charge in [0.25, 0.3) is 0 Å². The summed E-state index contributed by atoms with van der Waals surface area (Å²) in [6, 6.07) is 15.0. The van der Waals surface area contributed by atoms with E-state index in [0.717, 1.165) is 38.1 Å². The lowest BCUT2D eigenvalue weighted by atomic mass is 10.0. The van der Waals surface area contributed by atoms with Crippen LogP contribution >= 0.6 is 21.6 Å². The minimum absolute atomic E-state index is 0.000562. The molecule has 2 heterocycles. The summed E-state index contributed by atoms with van der Waals surface area (Å²) in [4.78, 5) is 85.6. The highest BCUT2D eigenvalue weighted by Crippen LogP contribution is 2.24. The highest BCUT2D eigenvalue weighted by atomic mass is 33.1. The van der Waals surface area contributed by atoms with E-state index in [4.69, 9.17) is 11.5 Å². The maximum Gasteiger partial charge on any atom is 0.327 e. The number of carbonyl (C=O) groups excluding carboxylic acids is 5. The van der Waals surface area contributed by atoms with E-state index < -0.39 is 71.8 Å². The summed E-state index contributed by atoms with van der Waals surface area (Å²) in [7, 11) is 2.20. The first-order valence-corrected chi connectivity index (χ1v) is 21.7. The first-order valence-electron chi connectivity index (χ1n) is 19.2. The van der Waals surface area contributed by atoms with Gasteiger partial charge in [-0.15, -0.1) is 0 Å². The third kappa shape index (κ3) is 13.2. The lowest BCUT2D eigenvalue weighted by molar-refractivity contribution is -0.141. The zero-order chi connectivity index (χ0) is 42.3. The smallest absolute Gasteiger partial charge is 0.327 e. The maximum atomic E-state index is 14.4. The van der Waals surface area contributed by atoms with Crippen molar-refractivity contribution >= 4 is 68.0 Å². The van der Waals surface area contributed by atoms with E-state index in [0.29, 0.717) is 30.5 Å². The summed E-state index contributed by atoms with van der Waals surface area (Å²) in [5, 5.41) is 34.3. The number of phenols is 1. The van der Waals surface area contributed by atoms with Gasteiger partial charge >= 0.3 is 5.97 Å². The van der Waals surface area contributed by atoms with Gasteiger partial charge < -0.3 is 53.2 Å². The second-order valence-electron chi connectivity index (χ2n) is 14.2. The molecule has 0 radical (unpaired) electrons. The van der Waals surface area contributed by atoms with Gasteiger partial charge in [0.1, 0.15) is 36.0 Å². The van der Waals surface area contributed by atoms with Crippen LogP contribution in [-0.2, 0) is 48.0 Å². The number of aromatic hydroxyl groups is 1. The Labute approximate surface area is 349 Å². The number of aromatic nitrogens is 1. The molecule has 1 aliphatic heterocycles. The standard InChI is InChI=1S/C41H50N8O8S2/c42-17-7-6-12-31-37(52)47-33(19-25-13-15-27(50)16-14-25)39(54)49-35(41(56)57)23-59-58-22-29(43)36(51)46-32(18-24-8-2-1-3-9-24)38(53)48-34(40(55)45-31)20-26-21-44-30-11-5-4-10-28(26)30/h1-5,8-11,13-16,21,29,31-35,44,50H,6-7,12,17-20,22-23,42-43H2,(H,45,55)(H,46,51)(H,47,52)(H,48,53)(H,49,54)(H,56,57)/t29-,31?,32?,33?,34-,35-/m0/s1. The first kappa shape index (κ1) is 44.5. The van der Waals surface area contributed by atoms with E-state index in [1.807, 2.05) is 30.3 Å².